The molecule has 1 aromatic carbocycles. The maximum atomic E-state index is 13.0. The summed E-state index contributed by atoms with van der Waals surface area (Å²) < 4.78 is 18.0. The van der Waals surface area contributed by atoms with Crippen LogP contribution < -0.4 is 4.74 Å². The molecule has 0 aromatic heterocycles. The summed E-state index contributed by atoms with van der Waals surface area (Å²) in [7, 11) is 0. The summed E-state index contributed by atoms with van der Waals surface area (Å²) in [4.78, 5) is 9.48. The molecule has 4 nitrogen and oxygen atoms in total. The SMILES string of the molecule is O=[N+]([O-])c1ccc(OCCS)cc1F. The van der Waals surface area contributed by atoms with E-state index < -0.39 is 16.4 Å². The molecule has 0 heterocycles. The van der Waals surface area contributed by atoms with Crippen LogP contribution in [-0.2, 0) is 0 Å². The van der Waals surface area contributed by atoms with Crippen molar-refractivity contribution in [3.8, 4) is 5.75 Å². The van der Waals surface area contributed by atoms with Crippen molar-refractivity contribution in [3.05, 3.63) is 34.1 Å². The Morgan fingerprint density at radius 2 is 2.29 bits per heavy atom. The molecule has 0 fully saturated rings. The van der Waals surface area contributed by atoms with Gasteiger partial charge in [-0.1, -0.05) is 0 Å². The van der Waals surface area contributed by atoms with Crippen LogP contribution in [-0.4, -0.2) is 17.3 Å². The predicted molar refractivity (Wildman–Crippen MR) is 52.4 cm³/mol. The minimum absolute atomic E-state index is 0.266. The van der Waals surface area contributed by atoms with Crippen molar-refractivity contribution in [2.75, 3.05) is 12.4 Å². The Balaban J connectivity index is 2.83. The van der Waals surface area contributed by atoms with Crippen LogP contribution in [0.5, 0.6) is 5.75 Å². The van der Waals surface area contributed by atoms with E-state index in [1.807, 2.05) is 0 Å². The molecule has 0 aliphatic carbocycles. The van der Waals surface area contributed by atoms with Crippen LogP contribution in [0.15, 0.2) is 18.2 Å². The average Bonchev–Trinajstić information content (AvgIpc) is 2.14. The smallest absolute Gasteiger partial charge is 0.305 e. The van der Waals surface area contributed by atoms with Crippen molar-refractivity contribution in [2.45, 2.75) is 0 Å². The van der Waals surface area contributed by atoms with Crippen molar-refractivity contribution in [2.24, 2.45) is 0 Å². The van der Waals surface area contributed by atoms with Crippen LogP contribution in [0.4, 0.5) is 10.1 Å². The summed E-state index contributed by atoms with van der Waals surface area (Å²) in [5, 5.41) is 10.3. The number of nitro benzene ring substituents is 1. The highest BCUT2D eigenvalue weighted by Crippen LogP contribution is 2.22. The molecule has 0 aliphatic heterocycles. The van der Waals surface area contributed by atoms with E-state index in [1.165, 1.54) is 6.07 Å². The number of hydrogen-bond acceptors (Lipinski definition) is 4. The van der Waals surface area contributed by atoms with Gasteiger partial charge in [-0.2, -0.15) is 17.0 Å². The average molecular weight is 217 g/mol. The number of hydrogen-bond donors (Lipinski definition) is 1. The Morgan fingerprint density at radius 1 is 1.57 bits per heavy atom. The van der Waals surface area contributed by atoms with Crippen molar-refractivity contribution in [3.63, 3.8) is 0 Å². The van der Waals surface area contributed by atoms with Gasteiger partial charge in [0, 0.05) is 17.9 Å². The Bertz CT molecular complexity index is 345. The molecule has 0 amide bonds. The monoisotopic (exact) mass is 217 g/mol. The van der Waals surface area contributed by atoms with Crippen molar-refractivity contribution >= 4 is 18.3 Å². The van der Waals surface area contributed by atoms with Crippen LogP contribution in [0.2, 0.25) is 0 Å². The quantitative estimate of drug-likeness (QED) is 0.477. The third-order valence-electron chi connectivity index (χ3n) is 1.48. The van der Waals surface area contributed by atoms with Crippen LogP contribution in [0, 0.1) is 15.9 Å². The van der Waals surface area contributed by atoms with Gasteiger partial charge >= 0.3 is 5.69 Å². The molecule has 1 aromatic rings. The third-order valence-corrected chi connectivity index (χ3v) is 1.66. The summed E-state index contributed by atoms with van der Waals surface area (Å²) in [6.45, 7) is 0.334. The van der Waals surface area contributed by atoms with E-state index in [0.717, 1.165) is 12.1 Å². The highest BCUT2D eigenvalue weighted by atomic mass is 32.1. The minimum atomic E-state index is -0.897. The zero-order chi connectivity index (χ0) is 10.6. The molecule has 0 atom stereocenters. The predicted octanol–water partition coefficient (Wildman–Crippen LogP) is 2.04. The Labute approximate surface area is 85.2 Å². The number of rotatable bonds is 4. The van der Waals surface area contributed by atoms with E-state index in [1.54, 1.807) is 0 Å². The van der Waals surface area contributed by atoms with Crippen molar-refractivity contribution < 1.29 is 14.1 Å². The molecule has 0 N–H and O–H groups in total. The number of benzene rings is 1. The van der Waals surface area contributed by atoms with Crippen molar-refractivity contribution in [1.29, 1.82) is 0 Å². The van der Waals surface area contributed by atoms with E-state index in [4.69, 9.17) is 4.74 Å². The van der Waals surface area contributed by atoms with Gasteiger partial charge in [0.2, 0.25) is 5.82 Å². The lowest BCUT2D eigenvalue weighted by atomic mass is 10.3. The number of thiol groups is 1. The Morgan fingerprint density at radius 3 is 2.79 bits per heavy atom. The topological polar surface area (TPSA) is 52.4 Å². The highest BCUT2D eigenvalue weighted by molar-refractivity contribution is 7.80. The summed E-state index contributed by atoms with van der Waals surface area (Å²) >= 11 is 3.90. The number of nitrogens with zero attached hydrogens (tertiary/aromatic N) is 1. The summed E-state index contributed by atoms with van der Waals surface area (Å²) in [5.74, 6) is -0.132. The summed E-state index contributed by atoms with van der Waals surface area (Å²) in [5.41, 5.74) is -0.553. The number of halogens is 1. The zero-order valence-corrected chi connectivity index (χ0v) is 8.04. The molecule has 0 aliphatic rings. The van der Waals surface area contributed by atoms with Crippen molar-refractivity contribution in [1.82, 2.24) is 0 Å². The maximum Gasteiger partial charge on any atom is 0.305 e. The number of ether oxygens (including phenoxy) is 1. The zero-order valence-electron chi connectivity index (χ0n) is 7.14. The minimum Gasteiger partial charge on any atom is -0.493 e. The first-order valence-electron chi connectivity index (χ1n) is 3.82. The van der Waals surface area contributed by atoms with Gasteiger partial charge in [-0.15, -0.1) is 0 Å². The van der Waals surface area contributed by atoms with E-state index in [2.05, 4.69) is 12.6 Å². The number of nitro groups is 1. The summed E-state index contributed by atoms with van der Waals surface area (Å²) in [6.07, 6.45) is 0. The van der Waals surface area contributed by atoms with Gasteiger partial charge in [0.1, 0.15) is 5.75 Å². The lowest BCUT2D eigenvalue weighted by Crippen LogP contribution is -1.99. The largest absolute Gasteiger partial charge is 0.493 e. The molecule has 6 heteroatoms. The molecule has 0 saturated carbocycles. The van der Waals surface area contributed by atoms with Crippen LogP contribution in [0.1, 0.15) is 0 Å². The normalized spacial score (nSPS) is 9.86. The van der Waals surface area contributed by atoms with Gasteiger partial charge in [0.15, 0.2) is 0 Å². The molecule has 0 saturated heterocycles. The van der Waals surface area contributed by atoms with E-state index in [9.17, 15) is 14.5 Å². The van der Waals surface area contributed by atoms with Crippen LogP contribution in [0.3, 0.4) is 0 Å². The van der Waals surface area contributed by atoms with Gasteiger partial charge in [0.25, 0.3) is 0 Å². The molecular weight excluding hydrogens is 209 g/mol. The second-order valence-corrected chi connectivity index (χ2v) is 2.89. The third kappa shape index (κ3) is 2.59. The van der Waals surface area contributed by atoms with E-state index in [-0.39, 0.29) is 5.75 Å². The van der Waals surface area contributed by atoms with Crippen LogP contribution >= 0.6 is 12.6 Å². The van der Waals surface area contributed by atoms with Gasteiger partial charge in [0.05, 0.1) is 11.5 Å². The molecule has 0 unspecified atom stereocenters. The van der Waals surface area contributed by atoms with E-state index >= 15 is 0 Å². The highest BCUT2D eigenvalue weighted by Gasteiger charge is 2.13. The molecule has 76 valence electrons. The molecule has 0 bridgehead atoms. The fourth-order valence-corrected chi connectivity index (χ4v) is 0.980. The second kappa shape index (κ2) is 4.80. The van der Waals surface area contributed by atoms with Gasteiger partial charge in [-0.3, -0.25) is 10.1 Å². The van der Waals surface area contributed by atoms with Crippen LogP contribution in [0.25, 0.3) is 0 Å². The Kier molecular flexibility index (Phi) is 3.70. The first-order valence-corrected chi connectivity index (χ1v) is 4.46. The molecule has 14 heavy (non-hydrogen) atoms. The first-order chi connectivity index (χ1) is 6.65. The summed E-state index contributed by atoms with van der Waals surface area (Å²) in [6, 6.07) is 3.41. The fraction of sp³-hybridized carbons (Fsp3) is 0.250. The second-order valence-electron chi connectivity index (χ2n) is 2.44. The first kappa shape index (κ1) is 10.8. The van der Waals surface area contributed by atoms with Gasteiger partial charge < -0.3 is 4.74 Å². The van der Waals surface area contributed by atoms with Gasteiger partial charge in [-0.05, 0) is 6.07 Å². The molecular formula is C8H8FNO3S. The Hall–Kier alpha value is -1.30. The van der Waals surface area contributed by atoms with E-state index in [0.29, 0.717) is 12.4 Å². The molecule has 0 spiro atoms. The molecule has 1 rings (SSSR count). The lowest BCUT2D eigenvalue weighted by molar-refractivity contribution is -0.387. The standard InChI is InChI=1S/C8H8FNO3S/c9-7-5-6(13-3-4-14)1-2-8(7)10(11)12/h1-2,5,14H,3-4H2. The fourth-order valence-electron chi connectivity index (χ4n) is 0.889. The van der Waals surface area contributed by atoms with Gasteiger partial charge in [-0.25, -0.2) is 0 Å². The maximum absolute atomic E-state index is 13.0. The lowest BCUT2D eigenvalue weighted by Gasteiger charge is -2.03. The molecule has 0 radical (unpaired) electrons.